The molecule has 7 nitrogen and oxygen atoms in total. The topological polar surface area (TPSA) is 66.3 Å². The zero-order chi connectivity index (χ0) is 19.6. The summed E-state index contributed by atoms with van der Waals surface area (Å²) in [4.78, 5) is 29.3. The summed E-state index contributed by atoms with van der Waals surface area (Å²) in [6, 6.07) is 8.10. The molecule has 7 heteroatoms. The molecule has 0 aliphatic carbocycles. The number of piperazine rings is 1. The van der Waals surface area contributed by atoms with E-state index in [1.807, 2.05) is 32.0 Å². The smallest absolute Gasteiger partial charge is 0.277 e. The van der Waals surface area contributed by atoms with E-state index in [4.69, 9.17) is 4.74 Å². The normalized spacial score (nSPS) is 14.7. The summed E-state index contributed by atoms with van der Waals surface area (Å²) in [5.74, 6) is 0.831. The number of carbonyl (C=O) groups excluding carboxylic acids is 2. The third-order valence-electron chi connectivity index (χ3n) is 4.76. The number of quaternary nitrogens is 1. The number of amides is 2. The lowest BCUT2D eigenvalue weighted by atomic mass is 10.2. The molecule has 1 fully saturated rings. The van der Waals surface area contributed by atoms with Crippen LogP contribution in [-0.4, -0.2) is 76.2 Å². The fourth-order valence-corrected chi connectivity index (χ4v) is 3.21. The predicted octanol–water partition coefficient (Wildman–Crippen LogP) is -0.225. The first-order valence-electron chi connectivity index (χ1n) is 9.86. The van der Waals surface area contributed by atoms with E-state index >= 15 is 0 Å². The number of hydrogen-bond acceptors (Lipinski definition) is 4. The molecule has 0 atom stereocenters. The van der Waals surface area contributed by atoms with Crippen molar-refractivity contribution in [3.05, 3.63) is 24.3 Å². The molecule has 1 aliphatic heterocycles. The minimum Gasteiger partial charge on any atom is -0.492 e. The molecule has 1 aromatic rings. The molecule has 1 aliphatic rings. The van der Waals surface area contributed by atoms with E-state index in [1.165, 1.54) is 9.80 Å². The Labute approximate surface area is 162 Å². The van der Waals surface area contributed by atoms with E-state index in [1.54, 1.807) is 7.05 Å². The first-order valence-corrected chi connectivity index (χ1v) is 9.86. The molecule has 0 radical (unpaired) electrons. The van der Waals surface area contributed by atoms with Crippen LogP contribution in [0, 0.1) is 0 Å². The molecule has 1 saturated heterocycles. The van der Waals surface area contributed by atoms with Gasteiger partial charge in [0.25, 0.3) is 5.91 Å². The van der Waals surface area contributed by atoms with Gasteiger partial charge in [-0.15, -0.1) is 0 Å². The minimum absolute atomic E-state index is 0.0137. The molecular formula is C20H33N4O3+. The molecule has 2 N–H and O–H groups in total. The Morgan fingerprint density at radius 1 is 1.22 bits per heavy atom. The standard InChI is InChI=1S/C20H32N4O3/c1-4-10-21-19(25)15-22(3)20(26)16-23-11-13-24(14-12-23)17-8-6-7-9-18(17)27-5-2/h6-9H,4-5,10-16H2,1-3H3,(H,21,25)/p+1. The van der Waals surface area contributed by atoms with E-state index in [2.05, 4.69) is 16.3 Å². The molecule has 0 bridgehead atoms. The van der Waals surface area contributed by atoms with Gasteiger partial charge in [-0.3, -0.25) is 9.59 Å². The number of para-hydroxylation sites is 2. The van der Waals surface area contributed by atoms with Crippen molar-refractivity contribution in [2.45, 2.75) is 20.3 Å². The van der Waals surface area contributed by atoms with Crippen molar-refractivity contribution in [2.24, 2.45) is 0 Å². The summed E-state index contributed by atoms with van der Waals surface area (Å²) in [5, 5.41) is 2.80. The summed E-state index contributed by atoms with van der Waals surface area (Å²) >= 11 is 0. The second-order valence-electron chi connectivity index (χ2n) is 6.91. The quantitative estimate of drug-likeness (QED) is 0.624. The summed E-state index contributed by atoms with van der Waals surface area (Å²) in [6.45, 7) is 9.39. The predicted molar refractivity (Wildman–Crippen MR) is 106 cm³/mol. The molecule has 2 amide bonds. The van der Waals surface area contributed by atoms with Crippen LogP contribution in [-0.2, 0) is 9.59 Å². The second kappa shape index (κ2) is 10.8. The van der Waals surface area contributed by atoms with E-state index in [-0.39, 0.29) is 18.4 Å². The highest BCUT2D eigenvalue weighted by molar-refractivity contribution is 5.84. The zero-order valence-electron chi connectivity index (χ0n) is 16.8. The summed E-state index contributed by atoms with van der Waals surface area (Å²) in [7, 11) is 1.70. The number of ether oxygens (including phenoxy) is 1. The fraction of sp³-hybridized carbons (Fsp3) is 0.600. The van der Waals surface area contributed by atoms with Crippen molar-refractivity contribution in [2.75, 3.05) is 64.4 Å². The Balaban J connectivity index is 1.80. The maximum absolute atomic E-state index is 12.4. The lowest BCUT2D eigenvalue weighted by Crippen LogP contribution is -3.15. The third kappa shape index (κ3) is 6.43. The molecule has 0 spiro atoms. The molecule has 150 valence electrons. The van der Waals surface area contributed by atoms with Gasteiger partial charge in [0.2, 0.25) is 5.91 Å². The Bertz CT molecular complexity index is 615. The van der Waals surface area contributed by atoms with Crippen LogP contribution in [0.4, 0.5) is 5.69 Å². The Kier molecular flexibility index (Phi) is 8.39. The number of nitrogens with one attached hydrogen (secondary N) is 2. The molecule has 1 heterocycles. The first kappa shape index (κ1) is 21.0. The summed E-state index contributed by atoms with van der Waals surface area (Å²) < 4.78 is 5.73. The zero-order valence-corrected chi connectivity index (χ0v) is 16.8. The van der Waals surface area contributed by atoms with Crippen LogP contribution in [0.3, 0.4) is 0 Å². The Morgan fingerprint density at radius 2 is 1.93 bits per heavy atom. The van der Waals surface area contributed by atoms with Crippen LogP contribution in [0.2, 0.25) is 0 Å². The molecule has 0 aromatic heterocycles. The number of anilines is 1. The number of nitrogens with zero attached hydrogens (tertiary/aromatic N) is 2. The lowest BCUT2D eigenvalue weighted by molar-refractivity contribution is -0.892. The van der Waals surface area contributed by atoms with Gasteiger partial charge in [0.15, 0.2) is 6.54 Å². The van der Waals surface area contributed by atoms with Crippen LogP contribution < -0.4 is 19.9 Å². The first-order chi connectivity index (χ1) is 13.0. The minimum atomic E-state index is -0.0972. The largest absolute Gasteiger partial charge is 0.492 e. The van der Waals surface area contributed by atoms with Crippen molar-refractivity contribution < 1.29 is 19.2 Å². The van der Waals surface area contributed by atoms with E-state index < -0.39 is 0 Å². The number of hydrogen-bond donors (Lipinski definition) is 2. The fourth-order valence-electron chi connectivity index (χ4n) is 3.21. The number of carbonyl (C=O) groups is 2. The maximum Gasteiger partial charge on any atom is 0.277 e. The van der Waals surface area contributed by atoms with Gasteiger partial charge in [-0.25, -0.2) is 0 Å². The average Bonchev–Trinajstić information content (AvgIpc) is 2.67. The molecule has 2 rings (SSSR count). The van der Waals surface area contributed by atoms with Gasteiger partial charge in [-0.05, 0) is 25.5 Å². The van der Waals surface area contributed by atoms with Crippen LogP contribution in [0.15, 0.2) is 24.3 Å². The van der Waals surface area contributed by atoms with Gasteiger partial charge in [0.05, 0.1) is 45.0 Å². The average molecular weight is 378 g/mol. The SMILES string of the molecule is CCCNC(=O)CN(C)C(=O)C[NH+]1CCN(c2ccccc2OCC)CC1. The second-order valence-corrected chi connectivity index (χ2v) is 6.91. The number of likely N-dealkylation sites (N-methyl/N-ethyl adjacent to an activating group) is 1. The lowest BCUT2D eigenvalue weighted by Gasteiger charge is -2.34. The van der Waals surface area contributed by atoms with Crippen molar-refractivity contribution in [3.8, 4) is 5.75 Å². The van der Waals surface area contributed by atoms with Gasteiger partial charge < -0.3 is 24.8 Å². The van der Waals surface area contributed by atoms with Crippen molar-refractivity contribution in [1.29, 1.82) is 0 Å². The van der Waals surface area contributed by atoms with Crippen LogP contribution in [0.1, 0.15) is 20.3 Å². The molecule has 0 saturated carbocycles. The van der Waals surface area contributed by atoms with Gasteiger partial charge in [-0.1, -0.05) is 19.1 Å². The van der Waals surface area contributed by atoms with E-state index in [0.717, 1.165) is 44.0 Å². The van der Waals surface area contributed by atoms with Crippen molar-refractivity contribution in [1.82, 2.24) is 10.2 Å². The molecular weight excluding hydrogens is 344 g/mol. The van der Waals surface area contributed by atoms with E-state index in [0.29, 0.717) is 19.7 Å². The van der Waals surface area contributed by atoms with Crippen LogP contribution in [0.25, 0.3) is 0 Å². The summed E-state index contributed by atoms with van der Waals surface area (Å²) in [6.07, 6.45) is 0.893. The van der Waals surface area contributed by atoms with Crippen molar-refractivity contribution in [3.63, 3.8) is 0 Å². The maximum atomic E-state index is 12.4. The highest BCUT2D eigenvalue weighted by Crippen LogP contribution is 2.27. The van der Waals surface area contributed by atoms with Gasteiger partial charge in [-0.2, -0.15) is 0 Å². The van der Waals surface area contributed by atoms with Crippen LogP contribution in [0.5, 0.6) is 5.75 Å². The highest BCUT2D eigenvalue weighted by Gasteiger charge is 2.25. The van der Waals surface area contributed by atoms with Crippen LogP contribution >= 0.6 is 0 Å². The number of rotatable bonds is 9. The number of benzene rings is 1. The van der Waals surface area contributed by atoms with Gasteiger partial charge >= 0.3 is 0 Å². The molecule has 0 unspecified atom stereocenters. The Morgan fingerprint density at radius 3 is 2.59 bits per heavy atom. The third-order valence-corrected chi connectivity index (χ3v) is 4.76. The summed E-state index contributed by atoms with van der Waals surface area (Å²) in [5.41, 5.74) is 1.12. The van der Waals surface area contributed by atoms with E-state index in [9.17, 15) is 9.59 Å². The monoisotopic (exact) mass is 377 g/mol. The Hall–Kier alpha value is -2.28. The van der Waals surface area contributed by atoms with Gasteiger partial charge in [0, 0.05) is 13.6 Å². The molecule has 1 aromatic carbocycles. The van der Waals surface area contributed by atoms with Gasteiger partial charge in [0.1, 0.15) is 5.75 Å². The highest BCUT2D eigenvalue weighted by atomic mass is 16.5. The molecule has 27 heavy (non-hydrogen) atoms. The van der Waals surface area contributed by atoms with Crippen molar-refractivity contribution >= 4 is 17.5 Å².